The zero-order valence-electron chi connectivity index (χ0n) is 17.9. The zero-order chi connectivity index (χ0) is 22.0. The van der Waals surface area contributed by atoms with Crippen molar-refractivity contribution in [2.24, 2.45) is 5.92 Å². The molecule has 7 nitrogen and oxygen atoms in total. The van der Waals surface area contributed by atoms with Crippen molar-refractivity contribution in [2.45, 2.75) is 26.3 Å². The van der Waals surface area contributed by atoms with Crippen LogP contribution in [0.15, 0.2) is 42.5 Å². The predicted molar refractivity (Wildman–Crippen MR) is 124 cm³/mol. The van der Waals surface area contributed by atoms with Crippen molar-refractivity contribution < 1.29 is 19.0 Å². The number of carbonyl (C=O) groups excluding carboxylic acids is 1. The third-order valence-corrected chi connectivity index (χ3v) is 5.14. The molecule has 0 saturated carbocycles. The summed E-state index contributed by atoms with van der Waals surface area (Å²) in [5.74, 6) is 0.894. The van der Waals surface area contributed by atoms with E-state index in [0.29, 0.717) is 54.2 Å². The second-order valence-electron chi connectivity index (χ2n) is 8.12. The first-order valence-corrected chi connectivity index (χ1v) is 10.3. The summed E-state index contributed by atoms with van der Waals surface area (Å²) in [7, 11) is 0. The molecule has 0 bridgehead atoms. The topological polar surface area (TPSA) is 87.6 Å². The minimum Gasteiger partial charge on any atom is -0.507 e. The van der Waals surface area contributed by atoms with Crippen molar-refractivity contribution in [1.82, 2.24) is 15.3 Å². The average Bonchev–Trinajstić information content (AvgIpc) is 3.20. The quantitative estimate of drug-likeness (QED) is 0.582. The van der Waals surface area contributed by atoms with Crippen molar-refractivity contribution in [1.29, 1.82) is 0 Å². The van der Waals surface area contributed by atoms with Crippen LogP contribution < -0.4 is 10.2 Å². The Hall–Kier alpha value is -3.13. The predicted octanol–water partition coefficient (Wildman–Crippen LogP) is 4.52. The van der Waals surface area contributed by atoms with Crippen molar-refractivity contribution in [3.63, 3.8) is 0 Å². The Balaban J connectivity index is 0.00000289. The maximum atomic E-state index is 14.0. The molecular weight excluding hydrogens is 435 g/mol. The van der Waals surface area contributed by atoms with Gasteiger partial charge in [-0.05, 0) is 42.7 Å². The normalized spacial score (nSPS) is 15.6. The lowest BCUT2D eigenvalue weighted by Gasteiger charge is -2.21. The smallest absolute Gasteiger partial charge is 0.407 e. The maximum absolute atomic E-state index is 14.0. The lowest BCUT2D eigenvalue weighted by atomic mass is 10.1. The van der Waals surface area contributed by atoms with Gasteiger partial charge >= 0.3 is 6.09 Å². The number of halogens is 2. The van der Waals surface area contributed by atoms with Gasteiger partial charge in [-0.1, -0.05) is 26.0 Å². The summed E-state index contributed by atoms with van der Waals surface area (Å²) in [5, 5.41) is 13.7. The first-order valence-electron chi connectivity index (χ1n) is 10.3. The Labute approximate surface area is 192 Å². The van der Waals surface area contributed by atoms with Gasteiger partial charge in [0.25, 0.3) is 0 Å². The molecular formula is C23H26ClFN4O3. The van der Waals surface area contributed by atoms with Crippen molar-refractivity contribution >= 4 is 35.2 Å². The van der Waals surface area contributed by atoms with Gasteiger partial charge in [-0.25, -0.2) is 19.2 Å². The molecule has 1 amide bonds. The molecule has 2 aromatic carbocycles. The molecule has 0 radical (unpaired) electrons. The number of nitrogens with one attached hydrogen (secondary N) is 1. The Kier molecular flexibility index (Phi) is 7.35. The first-order chi connectivity index (χ1) is 14.9. The summed E-state index contributed by atoms with van der Waals surface area (Å²) < 4.78 is 19.2. The van der Waals surface area contributed by atoms with Crippen LogP contribution in [0.25, 0.3) is 22.3 Å². The number of hydrogen-bond donors (Lipinski definition) is 2. The average molecular weight is 461 g/mol. The van der Waals surface area contributed by atoms with E-state index in [-0.39, 0.29) is 35.9 Å². The lowest BCUT2D eigenvalue weighted by Crippen LogP contribution is -2.38. The molecule has 9 heteroatoms. The number of ether oxygens (including phenoxy) is 1. The number of aromatic hydroxyl groups is 1. The third kappa shape index (κ3) is 5.19. The Morgan fingerprint density at radius 3 is 2.81 bits per heavy atom. The number of hydrogen-bond acceptors (Lipinski definition) is 6. The standard InChI is InChI=1S/C23H25FN4O3.ClH/c1-14(2)13-31-23(30)25-16-9-10-28(12-16)22-18-11-15(24)7-8-19(18)26-21(27-22)17-5-3-4-6-20(17)29;/h3-8,11,14,16,29H,9-10,12-13H2,1-2H3,(H,25,30);1H. The fourth-order valence-corrected chi connectivity index (χ4v) is 3.63. The number of fused-ring (bicyclic) bond motifs is 1. The molecule has 2 N–H and O–H groups in total. The molecule has 0 aliphatic carbocycles. The molecule has 1 saturated heterocycles. The number of carbonyl (C=O) groups is 1. The summed E-state index contributed by atoms with van der Waals surface area (Å²) in [5.41, 5.74) is 1.08. The van der Waals surface area contributed by atoms with Crippen LogP contribution >= 0.6 is 12.4 Å². The number of nitrogens with zero attached hydrogens (tertiary/aromatic N) is 3. The molecule has 2 heterocycles. The van der Waals surface area contributed by atoms with Gasteiger partial charge in [0.2, 0.25) is 0 Å². The number of benzene rings is 2. The fourth-order valence-electron chi connectivity index (χ4n) is 3.63. The van der Waals surface area contributed by atoms with E-state index in [2.05, 4.69) is 15.3 Å². The van der Waals surface area contributed by atoms with Crippen molar-refractivity contribution in [2.75, 3.05) is 24.6 Å². The number of aromatic nitrogens is 2. The molecule has 0 spiro atoms. The number of amides is 1. The molecule has 3 aromatic rings. The molecule has 1 aliphatic heterocycles. The number of phenolic OH excluding ortho intramolecular Hbond substituents is 1. The largest absolute Gasteiger partial charge is 0.507 e. The van der Waals surface area contributed by atoms with E-state index in [1.807, 2.05) is 18.7 Å². The highest BCUT2D eigenvalue weighted by molar-refractivity contribution is 5.91. The molecule has 4 rings (SSSR count). The van der Waals surface area contributed by atoms with Crippen LogP contribution in [0.1, 0.15) is 20.3 Å². The highest BCUT2D eigenvalue weighted by Gasteiger charge is 2.27. The lowest BCUT2D eigenvalue weighted by molar-refractivity contribution is 0.130. The second kappa shape index (κ2) is 9.99. The van der Waals surface area contributed by atoms with Crippen LogP contribution in [0, 0.1) is 11.7 Å². The SMILES string of the molecule is CC(C)COC(=O)NC1CCN(c2nc(-c3ccccc3O)nc3ccc(F)cc23)C1.Cl. The van der Waals surface area contributed by atoms with Crippen molar-refractivity contribution in [3.05, 3.63) is 48.3 Å². The van der Waals surface area contributed by atoms with E-state index in [9.17, 15) is 14.3 Å². The monoisotopic (exact) mass is 460 g/mol. The minimum absolute atomic E-state index is 0. The number of alkyl carbamates (subject to hydrolysis) is 1. The number of rotatable bonds is 5. The molecule has 1 atom stereocenters. The molecule has 1 aromatic heterocycles. The van der Waals surface area contributed by atoms with Crippen LogP contribution in [0.2, 0.25) is 0 Å². The van der Waals surface area contributed by atoms with Gasteiger partial charge in [0.05, 0.1) is 23.7 Å². The van der Waals surface area contributed by atoms with Crippen LogP contribution in [-0.4, -0.2) is 46.9 Å². The summed E-state index contributed by atoms with van der Waals surface area (Å²) in [4.78, 5) is 23.2. The third-order valence-electron chi connectivity index (χ3n) is 5.14. The van der Waals surface area contributed by atoms with Gasteiger partial charge in [0, 0.05) is 18.5 Å². The van der Waals surface area contributed by atoms with Crippen LogP contribution in [0.4, 0.5) is 15.0 Å². The van der Waals surface area contributed by atoms with Gasteiger partial charge in [-0.2, -0.15) is 0 Å². The van der Waals surface area contributed by atoms with E-state index >= 15 is 0 Å². The molecule has 1 unspecified atom stereocenters. The molecule has 1 aliphatic rings. The van der Waals surface area contributed by atoms with Crippen molar-refractivity contribution in [3.8, 4) is 17.1 Å². The van der Waals surface area contributed by atoms with E-state index in [1.165, 1.54) is 12.1 Å². The molecule has 32 heavy (non-hydrogen) atoms. The summed E-state index contributed by atoms with van der Waals surface area (Å²) in [6, 6.07) is 11.1. The highest BCUT2D eigenvalue weighted by atomic mass is 35.5. The van der Waals surface area contributed by atoms with Gasteiger partial charge in [-0.15, -0.1) is 12.4 Å². The van der Waals surface area contributed by atoms with Crippen LogP contribution in [0.5, 0.6) is 5.75 Å². The van der Waals surface area contributed by atoms with E-state index in [0.717, 1.165) is 0 Å². The highest BCUT2D eigenvalue weighted by Crippen LogP contribution is 2.33. The zero-order valence-corrected chi connectivity index (χ0v) is 18.7. The second-order valence-corrected chi connectivity index (χ2v) is 8.12. The summed E-state index contributed by atoms with van der Waals surface area (Å²) in [6.45, 7) is 5.47. The van der Waals surface area contributed by atoms with Crippen LogP contribution in [-0.2, 0) is 4.74 Å². The van der Waals surface area contributed by atoms with Gasteiger partial charge < -0.3 is 20.1 Å². The van der Waals surface area contributed by atoms with E-state index in [4.69, 9.17) is 4.74 Å². The van der Waals surface area contributed by atoms with E-state index < -0.39 is 6.09 Å². The molecule has 170 valence electrons. The van der Waals surface area contributed by atoms with Gasteiger partial charge in [-0.3, -0.25) is 0 Å². The van der Waals surface area contributed by atoms with E-state index in [1.54, 1.807) is 30.3 Å². The van der Waals surface area contributed by atoms with Gasteiger partial charge in [0.15, 0.2) is 5.82 Å². The summed E-state index contributed by atoms with van der Waals surface area (Å²) >= 11 is 0. The van der Waals surface area contributed by atoms with Crippen LogP contribution in [0.3, 0.4) is 0 Å². The Bertz CT molecular complexity index is 1110. The number of phenols is 1. The number of para-hydroxylation sites is 1. The maximum Gasteiger partial charge on any atom is 0.407 e. The van der Waals surface area contributed by atoms with Gasteiger partial charge in [0.1, 0.15) is 17.4 Å². The Morgan fingerprint density at radius 2 is 2.06 bits per heavy atom. The number of anilines is 1. The molecule has 1 fully saturated rings. The Morgan fingerprint density at radius 1 is 1.28 bits per heavy atom. The summed E-state index contributed by atoms with van der Waals surface area (Å²) in [6.07, 6.45) is 0.276. The fraction of sp³-hybridized carbons (Fsp3) is 0.348. The first kappa shape index (κ1) is 23.5. The minimum atomic E-state index is -0.436.